The van der Waals surface area contributed by atoms with Crippen LogP contribution in [0.4, 0.5) is 5.69 Å². The van der Waals surface area contributed by atoms with Gasteiger partial charge in [-0.05, 0) is 37.5 Å². The third kappa shape index (κ3) is 4.01. The van der Waals surface area contributed by atoms with Gasteiger partial charge in [-0.25, -0.2) is 4.98 Å². The third-order valence-corrected chi connectivity index (χ3v) is 6.32. The van der Waals surface area contributed by atoms with Crippen LogP contribution >= 0.6 is 11.8 Å². The minimum Gasteiger partial charge on any atom is -0.355 e. The molecule has 1 aliphatic carbocycles. The molecule has 2 N–H and O–H groups in total. The summed E-state index contributed by atoms with van der Waals surface area (Å²) in [6, 6.07) is 17.7. The summed E-state index contributed by atoms with van der Waals surface area (Å²) in [4.78, 5) is 33.7. The molecule has 1 fully saturated rings. The Labute approximate surface area is 183 Å². The molecule has 0 unspecified atom stereocenters. The van der Waals surface area contributed by atoms with E-state index in [0.717, 1.165) is 35.2 Å². The molecule has 31 heavy (non-hydrogen) atoms. The van der Waals surface area contributed by atoms with E-state index in [1.807, 2.05) is 67.7 Å². The Hall–Kier alpha value is -3.32. The molecule has 0 saturated heterocycles. The van der Waals surface area contributed by atoms with Gasteiger partial charge in [-0.15, -0.1) is 0 Å². The van der Waals surface area contributed by atoms with E-state index >= 15 is 0 Å². The molecular weight excluding hydrogens is 408 g/mol. The molecule has 2 aromatic heterocycles. The second-order valence-electron chi connectivity index (χ2n) is 7.80. The minimum atomic E-state index is -0.122. The number of thioether (sulfide) groups is 1. The second-order valence-corrected chi connectivity index (χ2v) is 8.74. The zero-order valence-corrected chi connectivity index (χ0v) is 17.9. The molecule has 0 bridgehead atoms. The summed E-state index contributed by atoms with van der Waals surface area (Å²) in [6.07, 6.45) is 3.76. The fraction of sp³-hybridized carbons (Fsp3) is 0.208. The quantitative estimate of drug-likeness (QED) is 0.341. The van der Waals surface area contributed by atoms with E-state index in [1.54, 1.807) is 4.57 Å². The standard InChI is InChI=1S/C24H22N4O2S/c1-15-7-9-17(10-8-15)26-20(29)14-31-24-27-21-19(16-5-3-2-4-6-16)13-25-22(21)23(30)28(24)18-11-12-18/h2-10,13,18,25H,11-12,14H2,1H3,(H,26,29). The average Bonchev–Trinajstić information content (AvgIpc) is 3.52. The summed E-state index contributed by atoms with van der Waals surface area (Å²) >= 11 is 1.31. The number of aryl methyl sites for hydroxylation is 1. The largest absolute Gasteiger partial charge is 0.355 e. The Morgan fingerprint density at radius 3 is 2.61 bits per heavy atom. The Bertz CT molecular complexity index is 1310. The van der Waals surface area contributed by atoms with Gasteiger partial charge in [0, 0.05) is 23.5 Å². The fourth-order valence-electron chi connectivity index (χ4n) is 3.61. The topological polar surface area (TPSA) is 79.8 Å². The number of H-pyrrole nitrogens is 1. The van der Waals surface area contributed by atoms with E-state index in [4.69, 9.17) is 4.98 Å². The van der Waals surface area contributed by atoms with Gasteiger partial charge in [-0.3, -0.25) is 14.2 Å². The summed E-state index contributed by atoms with van der Waals surface area (Å²) in [6.45, 7) is 2.01. The van der Waals surface area contributed by atoms with E-state index in [2.05, 4.69) is 10.3 Å². The number of nitrogens with zero attached hydrogens (tertiary/aromatic N) is 2. The van der Waals surface area contributed by atoms with Gasteiger partial charge in [0.15, 0.2) is 5.16 Å². The van der Waals surface area contributed by atoms with Gasteiger partial charge in [0.25, 0.3) is 5.56 Å². The molecule has 0 spiro atoms. The first-order chi connectivity index (χ1) is 15.1. The molecule has 4 aromatic rings. The lowest BCUT2D eigenvalue weighted by molar-refractivity contribution is -0.113. The molecule has 156 valence electrons. The van der Waals surface area contributed by atoms with Crippen LogP contribution in [0.25, 0.3) is 22.2 Å². The number of aromatic nitrogens is 3. The van der Waals surface area contributed by atoms with Crippen molar-refractivity contribution in [2.24, 2.45) is 0 Å². The molecule has 0 radical (unpaired) electrons. The summed E-state index contributed by atoms with van der Waals surface area (Å²) in [7, 11) is 0. The molecular formula is C24H22N4O2S. The fourth-order valence-corrected chi connectivity index (χ4v) is 4.47. The van der Waals surface area contributed by atoms with E-state index in [0.29, 0.717) is 16.2 Å². The van der Waals surface area contributed by atoms with Crippen molar-refractivity contribution in [3.8, 4) is 11.1 Å². The van der Waals surface area contributed by atoms with E-state index in [1.165, 1.54) is 11.8 Å². The molecule has 0 aliphatic heterocycles. The first-order valence-corrected chi connectivity index (χ1v) is 11.3. The maximum absolute atomic E-state index is 13.2. The SMILES string of the molecule is Cc1ccc(NC(=O)CSc2nc3c(-c4ccccc4)c[nH]c3c(=O)n2C2CC2)cc1. The Kier molecular flexibility index (Phi) is 5.11. The predicted octanol–water partition coefficient (Wildman–Crippen LogP) is 4.77. The number of nitrogens with one attached hydrogen (secondary N) is 2. The van der Waals surface area contributed by atoms with Crippen LogP contribution in [0.2, 0.25) is 0 Å². The van der Waals surface area contributed by atoms with Gasteiger partial charge >= 0.3 is 0 Å². The van der Waals surface area contributed by atoms with Gasteiger partial charge in [0.1, 0.15) is 11.0 Å². The van der Waals surface area contributed by atoms with E-state index in [9.17, 15) is 9.59 Å². The Balaban J connectivity index is 1.45. The maximum Gasteiger partial charge on any atom is 0.278 e. The van der Waals surface area contributed by atoms with Crippen LogP contribution in [-0.2, 0) is 4.79 Å². The molecule has 1 aliphatic rings. The highest BCUT2D eigenvalue weighted by atomic mass is 32.2. The number of hydrogen-bond donors (Lipinski definition) is 2. The summed E-state index contributed by atoms with van der Waals surface area (Å²) < 4.78 is 1.75. The number of benzene rings is 2. The minimum absolute atomic E-state index is 0.0730. The first-order valence-electron chi connectivity index (χ1n) is 10.3. The van der Waals surface area contributed by atoms with Crippen molar-refractivity contribution in [3.05, 3.63) is 76.7 Å². The monoisotopic (exact) mass is 430 g/mol. The number of carbonyl (C=O) groups excluding carboxylic acids is 1. The zero-order chi connectivity index (χ0) is 21.4. The van der Waals surface area contributed by atoms with Crippen molar-refractivity contribution in [2.75, 3.05) is 11.1 Å². The first kappa shape index (κ1) is 19.6. The van der Waals surface area contributed by atoms with Gasteiger partial charge in [0.2, 0.25) is 5.91 Å². The molecule has 7 heteroatoms. The zero-order valence-electron chi connectivity index (χ0n) is 17.1. The lowest BCUT2D eigenvalue weighted by atomic mass is 10.1. The van der Waals surface area contributed by atoms with Crippen LogP contribution < -0.4 is 10.9 Å². The van der Waals surface area contributed by atoms with Gasteiger partial charge in [-0.2, -0.15) is 0 Å². The van der Waals surface area contributed by atoms with Crippen molar-refractivity contribution in [1.29, 1.82) is 0 Å². The number of carbonyl (C=O) groups is 1. The van der Waals surface area contributed by atoms with Crippen molar-refractivity contribution < 1.29 is 4.79 Å². The van der Waals surface area contributed by atoms with Crippen LogP contribution in [0.5, 0.6) is 0 Å². The molecule has 1 saturated carbocycles. The molecule has 5 rings (SSSR count). The maximum atomic E-state index is 13.2. The summed E-state index contributed by atoms with van der Waals surface area (Å²) in [5.41, 5.74) is 4.87. The van der Waals surface area contributed by atoms with Crippen molar-refractivity contribution in [3.63, 3.8) is 0 Å². The number of rotatable bonds is 6. The van der Waals surface area contributed by atoms with Gasteiger partial charge in [0.05, 0.1) is 5.75 Å². The highest BCUT2D eigenvalue weighted by Gasteiger charge is 2.29. The van der Waals surface area contributed by atoms with Crippen LogP contribution in [0.3, 0.4) is 0 Å². The smallest absolute Gasteiger partial charge is 0.278 e. The van der Waals surface area contributed by atoms with E-state index < -0.39 is 0 Å². The second kappa shape index (κ2) is 8.07. The lowest BCUT2D eigenvalue weighted by Crippen LogP contribution is -2.23. The number of amides is 1. The van der Waals surface area contributed by atoms with Gasteiger partial charge in [-0.1, -0.05) is 59.8 Å². The summed E-state index contributed by atoms with van der Waals surface area (Å²) in [5.74, 6) is 0.0618. The van der Waals surface area contributed by atoms with Gasteiger partial charge < -0.3 is 10.3 Å². The van der Waals surface area contributed by atoms with Crippen molar-refractivity contribution in [1.82, 2.24) is 14.5 Å². The third-order valence-electron chi connectivity index (χ3n) is 5.36. The molecule has 6 nitrogen and oxygen atoms in total. The van der Waals surface area contributed by atoms with Crippen LogP contribution in [0, 0.1) is 6.92 Å². The lowest BCUT2D eigenvalue weighted by Gasteiger charge is -2.12. The van der Waals surface area contributed by atoms with Crippen LogP contribution in [0.15, 0.2) is 70.7 Å². The number of aromatic amines is 1. The van der Waals surface area contributed by atoms with Crippen LogP contribution in [0.1, 0.15) is 24.4 Å². The molecule has 1 amide bonds. The molecule has 2 aromatic carbocycles. The van der Waals surface area contributed by atoms with Crippen LogP contribution in [-0.4, -0.2) is 26.2 Å². The predicted molar refractivity (Wildman–Crippen MR) is 125 cm³/mol. The highest BCUT2D eigenvalue weighted by Crippen LogP contribution is 2.37. The Morgan fingerprint density at radius 2 is 1.90 bits per heavy atom. The number of anilines is 1. The average molecular weight is 431 g/mol. The number of fused-ring (bicyclic) bond motifs is 1. The summed E-state index contributed by atoms with van der Waals surface area (Å²) in [5, 5.41) is 3.50. The Morgan fingerprint density at radius 1 is 1.16 bits per heavy atom. The highest BCUT2D eigenvalue weighted by molar-refractivity contribution is 7.99. The van der Waals surface area contributed by atoms with Crippen molar-refractivity contribution in [2.45, 2.75) is 31.0 Å². The normalized spacial score (nSPS) is 13.5. The molecule has 2 heterocycles. The van der Waals surface area contributed by atoms with Crippen molar-refractivity contribution >= 4 is 34.4 Å². The van der Waals surface area contributed by atoms with E-state index in [-0.39, 0.29) is 23.3 Å². The molecule has 0 atom stereocenters. The number of hydrogen-bond acceptors (Lipinski definition) is 4.